The molecule has 0 amide bonds. The number of phosphoric ester groups is 1. The molecule has 17 heteroatoms. The Hall–Kier alpha value is -3.65. The molecule has 0 aromatic heterocycles. The highest BCUT2D eigenvalue weighted by Crippen LogP contribution is 2.60. The molecule has 0 saturated carbocycles. The van der Waals surface area contributed by atoms with E-state index in [4.69, 9.17) is 0 Å². The van der Waals surface area contributed by atoms with Crippen LogP contribution in [0.3, 0.4) is 0 Å². The maximum absolute atomic E-state index is 14.9. The second kappa shape index (κ2) is 7.68. The number of phosphoric acid groups is 1. The van der Waals surface area contributed by atoms with Gasteiger partial charge in [-0.05, 0) is 0 Å². The molecule has 4 aromatic rings. The summed E-state index contributed by atoms with van der Waals surface area (Å²) < 4.78 is 194. The van der Waals surface area contributed by atoms with Crippen LogP contribution in [0.5, 0.6) is 11.5 Å². The highest BCUT2D eigenvalue weighted by Gasteiger charge is 2.44. The average molecular weight is 564 g/mol. The van der Waals surface area contributed by atoms with E-state index in [0.29, 0.717) is 0 Å². The van der Waals surface area contributed by atoms with Crippen molar-refractivity contribution >= 4 is 29.4 Å². The second-order valence-corrected chi connectivity index (χ2v) is 8.63. The van der Waals surface area contributed by atoms with Crippen LogP contribution in [-0.2, 0) is 4.57 Å². The molecule has 37 heavy (non-hydrogen) atoms. The number of halogens is 12. The van der Waals surface area contributed by atoms with Crippen LogP contribution in [0.1, 0.15) is 0 Å². The first kappa shape index (κ1) is 25.0. The van der Waals surface area contributed by atoms with Crippen LogP contribution < -0.4 is 9.05 Å². The van der Waals surface area contributed by atoms with E-state index in [-0.39, 0.29) is 0 Å². The fourth-order valence-corrected chi connectivity index (χ4v) is 4.75. The van der Waals surface area contributed by atoms with E-state index < -0.39 is 122 Å². The lowest BCUT2D eigenvalue weighted by molar-refractivity contribution is 0.282. The second-order valence-electron chi connectivity index (χ2n) is 7.33. The summed E-state index contributed by atoms with van der Waals surface area (Å²) in [5.74, 6) is -36.0. The standard InChI is InChI=1S/C20HF12O4P/c21-7-1-3-4-2-6(10(24)16(30)14(28)8(2)22)12(26)18(32)20(4)36-37(33,34)35-19(3)17(31)11(25)5(1)9(23)15(29)13(7)27/h(H,33,34). The van der Waals surface area contributed by atoms with Gasteiger partial charge in [0.25, 0.3) is 0 Å². The summed E-state index contributed by atoms with van der Waals surface area (Å²) in [7, 11) is -6.02. The van der Waals surface area contributed by atoms with Gasteiger partial charge >= 0.3 is 7.82 Å². The highest BCUT2D eigenvalue weighted by atomic mass is 31.2. The molecule has 194 valence electrons. The molecular weight excluding hydrogens is 563 g/mol. The van der Waals surface area contributed by atoms with Gasteiger partial charge in [0, 0.05) is 21.9 Å². The molecule has 1 N–H and O–H groups in total. The van der Waals surface area contributed by atoms with Crippen molar-refractivity contribution in [2.24, 2.45) is 0 Å². The van der Waals surface area contributed by atoms with E-state index >= 15 is 0 Å². The minimum atomic E-state index is -6.02. The van der Waals surface area contributed by atoms with Crippen molar-refractivity contribution in [2.45, 2.75) is 0 Å². The maximum atomic E-state index is 14.9. The molecule has 1 aliphatic heterocycles. The minimum absolute atomic E-state index is 1.88. The fourth-order valence-electron chi connectivity index (χ4n) is 3.91. The van der Waals surface area contributed by atoms with Gasteiger partial charge in [-0.3, -0.25) is 4.89 Å². The number of fused-ring (bicyclic) bond motifs is 7. The third-order valence-corrected chi connectivity index (χ3v) is 6.20. The Balaban J connectivity index is 2.25. The summed E-state index contributed by atoms with van der Waals surface area (Å²) in [6, 6.07) is 0. The van der Waals surface area contributed by atoms with Crippen LogP contribution in [0, 0.1) is 69.8 Å². The molecule has 0 fully saturated rings. The molecule has 0 radical (unpaired) electrons. The van der Waals surface area contributed by atoms with Crippen LogP contribution in [0.2, 0.25) is 0 Å². The smallest absolute Gasteiger partial charge is 0.391 e. The van der Waals surface area contributed by atoms with E-state index in [1.165, 1.54) is 0 Å². The molecule has 1 heterocycles. The van der Waals surface area contributed by atoms with Crippen molar-refractivity contribution in [3.63, 3.8) is 0 Å². The first-order valence-electron chi connectivity index (χ1n) is 9.17. The highest BCUT2D eigenvalue weighted by molar-refractivity contribution is 7.48. The van der Waals surface area contributed by atoms with Crippen LogP contribution in [0.15, 0.2) is 0 Å². The first-order valence-corrected chi connectivity index (χ1v) is 10.7. The molecule has 1 aliphatic rings. The van der Waals surface area contributed by atoms with Gasteiger partial charge in [0.2, 0.25) is 11.6 Å². The van der Waals surface area contributed by atoms with Gasteiger partial charge in [0.1, 0.15) is 0 Å². The van der Waals surface area contributed by atoms with Gasteiger partial charge in [-0.2, -0.15) is 8.78 Å². The number of rotatable bonds is 0. The SMILES string of the molecule is O=P1(O)Oc2c(F)c(F)c3c(F)c(F)c(F)c(F)c3c2-c2c(c(F)c(F)c3c(F)c(F)c(F)c(F)c23)O1. The lowest BCUT2D eigenvalue weighted by Crippen LogP contribution is -2.07. The third-order valence-electron chi connectivity index (χ3n) is 5.37. The van der Waals surface area contributed by atoms with Gasteiger partial charge < -0.3 is 9.05 Å². The van der Waals surface area contributed by atoms with E-state index in [0.717, 1.165) is 0 Å². The third kappa shape index (κ3) is 3.08. The van der Waals surface area contributed by atoms with Crippen molar-refractivity contribution in [1.29, 1.82) is 0 Å². The molecule has 4 aromatic carbocycles. The summed E-state index contributed by atoms with van der Waals surface area (Å²) in [6.07, 6.45) is 0. The Morgan fingerprint density at radius 3 is 0.946 bits per heavy atom. The maximum Gasteiger partial charge on any atom is 0.585 e. The Kier molecular flexibility index (Phi) is 5.19. The van der Waals surface area contributed by atoms with Gasteiger partial charge in [-0.1, -0.05) is 0 Å². The van der Waals surface area contributed by atoms with E-state index in [9.17, 15) is 62.1 Å². The monoisotopic (exact) mass is 564 g/mol. The molecule has 4 nitrogen and oxygen atoms in total. The predicted molar refractivity (Wildman–Crippen MR) is 97.5 cm³/mol. The first-order chi connectivity index (χ1) is 17.1. The van der Waals surface area contributed by atoms with Gasteiger partial charge in [-0.15, -0.1) is 0 Å². The van der Waals surface area contributed by atoms with Crippen LogP contribution in [-0.4, -0.2) is 4.89 Å². The van der Waals surface area contributed by atoms with Crippen molar-refractivity contribution in [1.82, 2.24) is 0 Å². The number of hydrogen-bond donors (Lipinski definition) is 1. The van der Waals surface area contributed by atoms with Gasteiger partial charge in [-0.25, -0.2) is 48.5 Å². The zero-order valence-electron chi connectivity index (χ0n) is 16.7. The molecular formula is C20HF12O4P. The van der Waals surface area contributed by atoms with E-state index in [1.54, 1.807) is 0 Å². The quantitative estimate of drug-likeness (QED) is 0.106. The molecule has 0 unspecified atom stereocenters. The van der Waals surface area contributed by atoms with Crippen molar-refractivity contribution < 1.29 is 71.2 Å². The zero-order valence-corrected chi connectivity index (χ0v) is 17.5. The van der Waals surface area contributed by atoms with E-state index in [1.807, 2.05) is 0 Å². The molecule has 0 saturated heterocycles. The summed E-state index contributed by atoms with van der Waals surface area (Å²) in [6.45, 7) is 0. The molecule has 5 rings (SSSR count). The summed E-state index contributed by atoms with van der Waals surface area (Å²) >= 11 is 0. The lowest BCUT2D eigenvalue weighted by atomic mass is 9.90. The molecule has 0 bridgehead atoms. The van der Waals surface area contributed by atoms with Crippen molar-refractivity contribution in [2.75, 3.05) is 0 Å². The molecule has 0 spiro atoms. The summed E-state index contributed by atoms with van der Waals surface area (Å²) in [5, 5.41) is -8.21. The summed E-state index contributed by atoms with van der Waals surface area (Å²) in [4.78, 5) is 9.80. The van der Waals surface area contributed by atoms with Gasteiger partial charge in [0.15, 0.2) is 69.7 Å². The molecule has 0 aliphatic carbocycles. The summed E-state index contributed by atoms with van der Waals surface area (Å²) in [5.41, 5.74) is -3.75. The fraction of sp³-hybridized carbons (Fsp3) is 0. The molecule has 0 atom stereocenters. The average Bonchev–Trinajstić information content (AvgIpc) is 2.96. The Morgan fingerprint density at radius 1 is 0.405 bits per heavy atom. The predicted octanol–water partition coefficient (Wildman–Crippen LogP) is 7.20. The van der Waals surface area contributed by atoms with Crippen LogP contribution >= 0.6 is 7.82 Å². The normalized spacial score (nSPS) is 14.3. The van der Waals surface area contributed by atoms with Crippen molar-refractivity contribution in [3.05, 3.63) is 69.8 Å². The van der Waals surface area contributed by atoms with Crippen LogP contribution in [0.25, 0.3) is 32.7 Å². The Bertz CT molecular complexity index is 1680. The Morgan fingerprint density at radius 2 is 0.649 bits per heavy atom. The van der Waals surface area contributed by atoms with E-state index in [2.05, 4.69) is 9.05 Å². The number of benzene rings is 4. The van der Waals surface area contributed by atoms with Gasteiger partial charge in [0.05, 0.1) is 10.8 Å². The minimum Gasteiger partial charge on any atom is -0.391 e. The topological polar surface area (TPSA) is 55.8 Å². The van der Waals surface area contributed by atoms with Crippen LogP contribution in [0.4, 0.5) is 52.7 Å². The zero-order chi connectivity index (χ0) is 27.5. The number of hydrogen-bond acceptors (Lipinski definition) is 3. The largest absolute Gasteiger partial charge is 0.585 e. The van der Waals surface area contributed by atoms with Crippen molar-refractivity contribution in [3.8, 4) is 22.6 Å². The Labute approximate surface area is 193 Å². The lowest BCUT2D eigenvalue weighted by Gasteiger charge is -2.18.